The van der Waals surface area contributed by atoms with Gasteiger partial charge < -0.3 is 14.8 Å². The van der Waals surface area contributed by atoms with Gasteiger partial charge >= 0.3 is 0 Å². The highest BCUT2D eigenvalue weighted by Gasteiger charge is 2.17. The molecule has 2 aromatic heterocycles. The summed E-state index contributed by atoms with van der Waals surface area (Å²) in [5.41, 5.74) is 2.25. The van der Waals surface area contributed by atoms with E-state index in [9.17, 15) is 0 Å². The molecule has 3 heterocycles. The molecule has 1 fully saturated rings. The number of anilines is 1. The van der Waals surface area contributed by atoms with Gasteiger partial charge in [-0.2, -0.15) is 5.10 Å². The molecule has 3 rings (SSSR count). The largest absolute Gasteiger partial charge is 0.368 e. The van der Waals surface area contributed by atoms with Crippen LogP contribution in [0.5, 0.6) is 0 Å². The van der Waals surface area contributed by atoms with Crippen LogP contribution in [0.1, 0.15) is 44.0 Å². The Morgan fingerprint density at radius 2 is 2.09 bits per heavy atom. The molecule has 0 amide bonds. The van der Waals surface area contributed by atoms with Crippen LogP contribution in [-0.4, -0.2) is 45.3 Å². The molecule has 23 heavy (non-hydrogen) atoms. The Labute approximate surface area is 139 Å². The summed E-state index contributed by atoms with van der Waals surface area (Å²) < 4.78 is 2.15. The highest BCUT2D eigenvalue weighted by Crippen LogP contribution is 2.27. The predicted octanol–water partition coefficient (Wildman–Crippen LogP) is 3.26. The first kappa shape index (κ1) is 16.2. The third-order valence-corrected chi connectivity index (χ3v) is 5.25. The van der Waals surface area contributed by atoms with Gasteiger partial charge in [0.05, 0.1) is 5.69 Å². The van der Waals surface area contributed by atoms with E-state index in [1.54, 1.807) is 0 Å². The second-order valence-electron chi connectivity index (χ2n) is 6.91. The van der Waals surface area contributed by atoms with Crippen LogP contribution in [0.4, 0.5) is 5.82 Å². The molecule has 1 unspecified atom stereocenters. The molecule has 1 N–H and O–H groups in total. The number of hydrogen-bond donors (Lipinski definition) is 1. The molecule has 1 atom stereocenters. The number of likely N-dealkylation sites (tertiary alicyclic amines) is 1. The zero-order valence-electron chi connectivity index (χ0n) is 14.9. The maximum Gasteiger partial charge on any atom is 0.158 e. The number of piperidine rings is 1. The highest BCUT2D eigenvalue weighted by atomic mass is 15.2. The summed E-state index contributed by atoms with van der Waals surface area (Å²) in [7, 11) is 2.08. The standard InChI is InChI=1S/C18H29N5/c1-13-8-5-6-10-23(13)11-7-9-19-18-16-12-22(4)15(3)17(16)14(2)20-21-18/h12-13H,5-11H2,1-4H3,(H,19,21). The van der Waals surface area contributed by atoms with Gasteiger partial charge in [-0.1, -0.05) is 6.42 Å². The van der Waals surface area contributed by atoms with Crippen LogP contribution >= 0.6 is 0 Å². The molecule has 0 aliphatic carbocycles. The Hall–Kier alpha value is -1.62. The van der Waals surface area contributed by atoms with Crippen molar-refractivity contribution in [3.8, 4) is 0 Å². The van der Waals surface area contributed by atoms with E-state index in [-0.39, 0.29) is 0 Å². The van der Waals surface area contributed by atoms with Crippen LogP contribution in [0.3, 0.4) is 0 Å². The van der Waals surface area contributed by atoms with Crippen LogP contribution in [0, 0.1) is 13.8 Å². The average molecular weight is 315 g/mol. The van der Waals surface area contributed by atoms with E-state index in [0.717, 1.165) is 30.5 Å². The van der Waals surface area contributed by atoms with Crippen molar-refractivity contribution in [1.82, 2.24) is 19.7 Å². The fourth-order valence-corrected chi connectivity index (χ4v) is 3.70. The molecular weight excluding hydrogens is 286 g/mol. The molecule has 1 aliphatic heterocycles. The smallest absolute Gasteiger partial charge is 0.158 e. The molecule has 0 spiro atoms. The number of aryl methyl sites for hydroxylation is 3. The molecule has 1 aliphatic rings. The number of hydrogen-bond acceptors (Lipinski definition) is 4. The topological polar surface area (TPSA) is 46.0 Å². The summed E-state index contributed by atoms with van der Waals surface area (Å²) in [4.78, 5) is 2.62. The molecule has 126 valence electrons. The minimum absolute atomic E-state index is 0.742. The summed E-state index contributed by atoms with van der Waals surface area (Å²) in [6.45, 7) is 9.90. The third kappa shape index (κ3) is 3.34. The number of nitrogens with zero attached hydrogens (tertiary/aromatic N) is 4. The lowest BCUT2D eigenvalue weighted by atomic mass is 10.0. The summed E-state index contributed by atoms with van der Waals surface area (Å²) >= 11 is 0. The molecule has 5 nitrogen and oxygen atoms in total. The molecule has 0 aromatic carbocycles. The molecule has 1 saturated heterocycles. The fourth-order valence-electron chi connectivity index (χ4n) is 3.70. The van der Waals surface area contributed by atoms with Crippen LogP contribution in [0.25, 0.3) is 10.8 Å². The van der Waals surface area contributed by atoms with Gasteiger partial charge in [-0.3, -0.25) is 0 Å². The molecule has 2 aromatic rings. The minimum atomic E-state index is 0.742. The van der Waals surface area contributed by atoms with Gasteiger partial charge in [0, 0.05) is 48.8 Å². The van der Waals surface area contributed by atoms with E-state index in [1.165, 1.54) is 48.8 Å². The maximum atomic E-state index is 4.37. The summed E-state index contributed by atoms with van der Waals surface area (Å²) in [6, 6.07) is 0.742. The van der Waals surface area contributed by atoms with Gasteiger partial charge in [0.15, 0.2) is 5.82 Å². The molecule has 5 heteroatoms. The fraction of sp³-hybridized carbons (Fsp3) is 0.667. The zero-order chi connectivity index (χ0) is 16.4. The number of aromatic nitrogens is 3. The lowest BCUT2D eigenvalue weighted by Crippen LogP contribution is -2.38. The first-order valence-corrected chi connectivity index (χ1v) is 8.84. The monoisotopic (exact) mass is 315 g/mol. The van der Waals surface area contributed by atoms with Crippen molar-refractivity contribution in [1.29, 1.82) is 0 Å². The van der Waals surface area contributed by atoms with Gasteiger partial charge in [-0.05, 0) is 46.6 Å². The summed E-state index contributed by atoms with van der Waals surface area (Å²) in [5, 5.41) is 14.6. The van der Waals surface area contributed by atoms with E-state index >= 15 is 0 Å². The van der Waals surface area contributed by atoms with Crippen molar-refractivity contribution >= 4 is 16.6 Å². The predicted molar refractivity (Wildman–Crippen MR) is 96.0 cm³/mol. The molecule has 0 saturated carbocycles. The van der Waals surface area contributed by atoms with Gasteiger partial charge in [0.2, 0.25) is 0 Å². The van der Waals surface area contributed by atoms with E-state index in [4.69, 9.17) is 0 Å². The van der Waals surface area contributed by atoms with E-state index in [0.29, 0.717) is 0 Å². The second-order valence-corrected chi connectivity index (χ2v) is 6.91. The van der Waals surface area contributed by atoms with Gasteiger partial charge in [-0.15, -0.1) is 5.10 Å². The third-order valence-electron chi connectivity index (χ3n) is 5.25. The SMILES string of the molecule is Cc1nnc(NCCCN2CCCCC2C)c2cn(C)c(C)c12. The summed E-state index contributed by atoms with van der Waals surface area (Å²) in [5.74, 6) is 0.918. The Kier molecular flexibility index (Phi) is 4.85. The van der Waals surface area contributed by atoms with Crippen molar-refractivity contribution in [3.05, 3.63) is 17.6 Å². The van der Waals surface area contributed by atoms with E-state index in [1.807, 2.05) is 6.92 Å². The molecule has 0 radical (unpaired) electrons. The van der Waals surface area contributed by atoms with Crippen LogP contribution in [-0.2, 0) is 7.05 Å². The minimum Gasteiger partial charge on any atom is -0.368 e. The Morgan fingerprint density at radius 3 is 2.87 bits per heavy atom. The van der Waals surface area contributed by atoms with Crippen molar-refractivity contribution in [2.45, 2.75) is 52.5 Å². The maximum absolute atomic E-state index is 4.37. The van der Waals surface area contributed by atoms with Gasteiger partial charge in [-0.25, -0.2) is 0 Å². The Bertz CT molecular complexity index is 676. The van der Waals surface area contributed by atoms with Crippen LogP contribution in [0.2, 0.25) is 0 Å². The highest BCUT2D eigenvalue weighted by molar-refractivity contribution is 5.95. The van der Waals surface area contributed by atoms with Gasteiger partial charge in [0.1, 0.15) is 0 Å². The first-order chi connectivity index (χ1) is 11.1. The first-order valence-electron chi connectivity index (χ1n) is 8.84. The molecule has 0 bridgehead atoms. The molecular formula is C18H29N5. The van der Waals surface area contributed by atoms with Crippen molar-refractivity contribution in [3.63, 3.8) is 0 Å². The number of nitrogens with one attached hydrogen (secondary N) is 1. The van der Waals surface area contributed by atoms with Crippen LogP contribution in [0.15, 0.2) is 6.20 Å². The normalized spacial score (nSPS) is 19.4. The van der Waals surface area contributed by atoms with Crippen molar-refractivity contribution < 1.29 is 0 Å². The number of rotatable bonds is 5. The van der Waals surface area contributed by atoms with Crippen molar-refractivity contribution in [2.75, 3.05) is 25.0 Å². The Morgan fingerprint density at radius 1 is 1.26 bits per heavy atom. The Balaban J connectivity index is 1.61. The quantitative estimate of drug-likeness (QED) is 0.860. The van der Waals surface area contributed by atoms with Gasteiger partial charge in [0.25, 0.3) is 0 Å². The van der Waals surface area contributed by atoms with Crippen molar-refractivity contribution in [2.24, 2.45) is 7.05 Å². The zero-order valence-corrected chi connectivity index (χ0v) is 14.9. The average Bonchev–Trinajstić information content (AvgIpc) is 2.84. The number of fused-ring (bicyclic) bond motifs is 1. The summed E-state index contributed by atoms with van der Waals surface area (Å²) in [6.07, 6.45) is 7.39. The van der Waals surface area contributed by atoms with E-state index < -0.39 is 0 Å². The lowest BCUT2D eigenvalue weighted by molar-refractivity contribution is 0.160. The second kappa shape index (κ2) is 6.87. The lowest BCUT2D eigenvalue weighted by Gasteiger charge is -2.33. The van der Waals surface area contributed by atoms with E-state index in [2.05, 4.69) is 52.1 Å². The van der Waals surface area contributed by atoms with Crippen LogP contribution < -0.4 is 5.32 Å².